The van der Waals surface area contributed by atoms with Crippen molar-refractivity contribution < 1.29 is 9.32 Å². The van der Waals surface area contributed by atoms with E-state index in [9.17, 15) is 4.79 Å². The number of nitriles is 1. The molecule has 0 atom stereocenters. The summed E-state index contributed by atoms with van der Waals surface area (Å²) in [6.45, 7) is 0. The quantitative estimate of drug-likeness (QED) is 0.259. The van der Waals surface area contributed by atoms with Crippen molar-refractivity contribution in [2.24, 2.45) is 0 Å². The Hall–Kier alpha value is -3.31. The second-order valence-corrected chi connectivity index (χ2v) is 10.3. The van der Waals surface area contributed by atoms with Gasteiger partial charge in [0.1, 0.15) is 0 Å². The fraction of sp³-hybridized carbons (Fsp3) is 0.185. The van der Waals surface area contributed by atoms with Crippen molar-refractivity contribution >= 4 is 46.6 Å². The number of carbonyl (C=O) groups is 1. The smallest absolute Gasteiger partial charge is 0.257 e. The first-order valence-electron chi connectivity index (χ1n) is 11.2. The summed E-state index contributed by atoms with van der Waals surface area (Å²) in [5.74, 6) is 0.719. The predicted octanol–water partition coefficient (Wildman–Crippen LogP) is 6.90. The summed E-state index contributed by atoms with van der Waals surface area (Å²) in [5, 5.41) is 17.0. The molecule has 5 rings (SSSR count). The van der Waals surface area contributed by atoms with Gasteiger partial charge in [0, 0.05) is 31.8 Å². The van der Waals surface area contributed by atoms with Crippen molar-refractivity contribution in [3.63, 3.8) is 0 Å². The minimum Gasteiger partial charge on any atom is -0.334 e. The number of nitrogens with one attached hydrogen (secondary N) is 1. The highest BCUT2D eigenvalue weighted by Gasteiger charge is 2.52. The summed E-state index contributed by atoms with van der Waals surface area (Å²) < 4.78 is 5.51. The number of hydrogen-bond donors (Lipinski definition) is 1. The molecule has 0 unspecified atom stereocenters. The molecule has 0 radical (unpaired) electrons. The number of thioether (sulfide) groups is 1. The maximum absolute atomic E-state index is 12.6. The van der Waals surface area contributed by atoms with Gasteiger partial charge in [0.25, 0.3) is 5.89 Å². The molecule has 1 heterocycles. The lowest BCUT2D eigenvalue weighted by Gasteiger charge is -2.17. The maximum atomic E-state index is 12.6. The predicted molar refractivity (Wildman–Crippen MR) is 141 cm³/mol. The summed E-state index contributed by atoms with van der Waals surface area (Å²) in [4.78, 5) is 18.4. The molecule has 0 aliphatic heterocycles. The van der Waals surface area contributed by atoms with E-state index in [0.717, 1.165) is 34.4 Å². The van der Waals surface area contributed by atoms with Gasteiger partial charge in [-0.15, -0.1) is 11.8 Å². The highest BCUT2D eigenvalue weighted by molar-refractivity contribution is 7.98. The highest BCUT2D eigenvalue weighted by Crippen LogP contribution is 2.57. The number of nitrogens with zero attached hydrogens (tertiary/aromatic N) is 3. The lowest BCUT2D eigenvalue weighted by Crippen LogP contribution is -2.16. The van der Waals surface area contributed by atoms with Crippen LogP contribution in [0.5, 0.6) is 0 Å². The molecule has 1 amide bonds. The normalized spacial score (nSPS) is 13.7. The molecule has 180 valence electrons. The molecule has 3 aromatic carbocycles. The molecule has 9 heteroatoms. The third-order valence-corrected chi connectivity index (χ3v) is 7.53. The number of aromatic nitrogens is 2. The minimum atomic E-state index is -0.538. The molecule has 4 aromatic rings. The second kappa shape index (κ2) is 9.98. The Morgan fingerprint density at radius 1 is 1.11 bits per heavy atom. The molecule has 1 N–H and O–H groups in total. The first-order valence-corrected chi connectivity index (χ1v) is 13.2. The number of halogens is 2. The third-order valence-electron chi connectivity index (χ3n) is 6.19. The van der Waals surface area contributed by atoms with E-state index in [1.165, 1.54) is 0 Å². The standard InChI is InChI=1S/C27H20Cl2N4O2S/c1-36-20-8-4-16(5-9-20)12-23(34)31-19-13-21(28)24(22(29)14-19)27(10-11-27)26-32-25(35-33-26)18-6-2-17(15-30)3-7-18/h2-9,13-14H,10-12H2,1H3,(H,31,34). The second-order valence-electron chi connectivity index (χ2n) is 8.58. The molecule has 0 saturated heterocycles. The molecule has 1 aromatic heterocycles. The van der Waals surface area contributed by atoms with Crippen molar-refractivity contribution in [1.29, 1.82) is 5.26 Å². The topological polar surface area (TPSA) is 91.8 Å². The third kappa shape index (κ3) is 4.85. The Morgan fingerprint density at radius 2 is 1.78 bits per heavy atom. The monoisotopic (exact) mass is 534 g/mol. The molecule has 36 heavy (non-hydrogen) atoms. The van der Waals surface area contributed by atoms with Crippen LogP contribution in [0.2, 0.25) is 10.0 Å². The Bertz CT molecular complexity index is 1450. The van der Waals surface area contributed by atoms with Crippen LogP contribution in [0.1, 0.15) is 35.4 Å². The van der Waals surface area contributed by atoms with Crippen molar-refractivity contribution in [1.82, 2.24) is 10.1 Å². The molecule has 1 saturated carbocycles. The van der Waals surface area contributed by atoms with E-state index >= 15 is 0 Å². The van der Waals surface area contributed by atoms with Crippen LogP contribution >= 0.6 is 35.0 Å². The van der Waals surface area contributed by atoms with Gasteiger partial charge in [0.2, 0.25) is 5.91 Å². The van der Waals surface area contributed by atoms with Gasteiger partial charge in [-0.2, -0.15) is 10.2 Å². The van der Waals surface area contributed by atoms with E-state index in [0.29, 0.717) is 33.0 Å². The first-order chi connectivity index (χ1) is 17.4. The van der Waals surface area contributed by atoms with Gasteiger partial charge < -0.3 is 9.84 Å². The van der Waals surface area contributed by atoms with Crippen LogP contribution in [0, 0.1) is 11.3 Å². The van der Waals surface area contributed by atoms with E-state index in [2.05, 4.69) is 21.5 Å². The molecule has 1 aliphatic rings. The molecular weight excluding hydrogens is 515 g/mol. The summed E-state index contributed by atoms with van der Waals surface area (Å²) >= 11 is 15.0. The van der Waals surface area contributed by atoms with Gasteiger partial charge in [-0.25, -0.2) is 0 Å². The highest BCUT2D eigenvalue weighted by atomic mass is 35.5. The van der Waals surface area contributed by atoms with Gasteiger partial charge >= 0.3 is 0 Å². The number of anilines is 1. The molecule has 0 spiro atoms. The molecule has 0 bridgehead atoms. The summed E-state index contributed by atoms with van der Waals surface area (Å²) in [6, 6.07) is 20.3. The van der Waals surface area contributed by atoms with Crippen molar-refractivity contribution in [2.45, 2.75) is 29.6 Å². The summed E-state index contributed by atoms with van der Waals surface area (Å²) in [7, 11) is 0. The number of hydrogen-bond acceptors (Lipinski definition) is 6. The fourth-order valence-electron chi connectivity index (χ4n) is 4.17. The lowest BCUT2D eigenvalue weighted by atomic mass is 9.94. The van der Waals surface area contributed by atoms with Gasteiger partial charge in [-0.05, 0) is 73.2 Å². The van der Waals surface area contributed by atoms with Crippen molar-refractivity contribution in [3.8, 4) is 17.5 Å². The average Bonchev–Trinajstić information content (AvgIpc) is 3.50. The Balaban J connectivity index is 1.34. The Labute approximate surface area is 222 Å². The summed E-state index contributed by atoms with van der Waals surface area (Å²) in [5.41, 5.74) is 2.92. The molecule has 1 aliphatic carbocycles. The van der Waals surface area contributed by atoms with E-state index < -0.39 is 5.41 Å². The van der Waals surface area contributed by atoms with Crippen molar-refractivity contribution in [2.75, 3.05) is 11.6 Å². The number of benzene rings is 3. The van der Waals surface area contributed by atoms with Crippen LogP contribution in [-0.4, -0.2) is 22.3 Å². The van der Waals surface area contributed by atoms with Crippen LogP contribution < -0.4 is 5.32 Å². The Morgan fingerprint density at radius 3 is 2.36 bits per heavy atom. The zero-order valence-corrected chi connectivity index (χ0v) is 21.5. The molecular formula is C27H20Cl2N4O2S. The van der Waals surface area contributed by atoms with Crippen LogP contribution in [-0.2, 0) is 16.6 Å². The maximum Gasteiger partial charge on any atom is 0.257 e. The van der Waals surface area contributed by atoms with Gasteiger partial charge in [0.15, 0.2) is 5.82 Å². The van der Waals surface area contributed by atoms with Gasteiger partial charge in [-0.1, -0.05) is 40.5 Å². The summed E-state index contributed by atoms with van der Waals surface area (Å²) in [6.07, 6.45) is 3.81. The first kappa shape index (κ1) is 24.4. The largest absolute Gasteiger partial charge is 0.334 e. The SMILES string of the molecule is CSc1ccc(CC(=O)Nc2cc(Cl)c(C3(c4noc(-c5ccc(C#N)cc5)n4)CC3)c(Cl)c2)cc1. The number of amides is 1. The zero-order chi connectivity index (χ0) is 25.3. The number of carbonyl (C=O) groups excluding carboxylic acids is 1. The van der Waals surface area contributed by atoms with Crippen LogP contribution in [0.25, 0.3) is 11.5 Å². The molecule has 6 nitrogen and oxygen atoms in total. The van der Waals surface area contributed by atoms with Crippen molar-refractivity contribution in [3.05, 3.63) is 93.2 Å². The molecule has 1 fully saturated rings. The van der Waals surface area contributed by atoms with Gasteiger partial charge in [0.05, 0.1) is 23.5 Å². The van der Waals surface area contributed by atoms with E-state index in [1.54, 1.807) is 48.2 Å². The van der Waals surface area contributed by atoms with E-state index in [-0.39, 0.29) is 12.3 Å². The fourth-order valence-corrected chi connectivity index (χ4v) is 5.43. The zero-order valence-electron chi connectivity index (χ0n) is 19.2. The van der Waals surface area contributed by atoms with Crippen LogP contribution in [0.4, 0.5) is 5.69 Å². The van der Waals surface area contributed by atoms with Gasteiger partial charge in [-0.3, -0.25) is 4.79 Å². The minimum absolute atomic E-state index is 0.154. The average molecular weight is 535 g/mol. The van der Waals surface area contributed by atoms with Crippen LogP contribution in [0.3, 0.4) is 0 Å². The van der Waals surface area contributed by atoms with E-state index in [1.807, 2.05) is 30.5 Å². The lowest BCUT2D eigenvalue weighted by molar-refractivity contribution is -0.115. The van der Waals surface area contributed by atoms with Crippen LogP contribution in [0.15, 0.2) is 70.1 Å². The van der Waals surface area contributed by atoms with E-state index in [4.69, 9.17) is 33.0 Å². The number of rotatable bonds is 7. The Kier molecular flexibility index (Phi) is 6.76.